The fourth-order valence-electron chi connectivity index (χ4n) is 3.00. The molecule has 0 aliphatic heterocycles. The highest BCUT2D eigenvalue weighted by atomic mass is 32.2. The van der Waals surface area contributed by atoms with Crippen LogP contribution in [-0.4, -0.2) is 29.5 Å². The number of anilines is 1. The maximum absolute atomic E-state index is 12.1. The van der Waals surface area contributed by atoms with Crippen molar-refractivity contribution in [1.82, 2.24) is 10.1 Å². The molecule has 0 spiro atoms. The number of aryl methyl sites for hydroxylation is 1. The first-order valence-electron chi connectivity index (χ1n) is 8.59. The average molecular weight is 395 g/mol. The molecule has 0 radical (unpaired) electrons. The summed E-state index contributed by atoms with van der Waals surface area (Å²) in [5, 5.41) is 7.03. The fourth-order valence-corrected chi connectivity index (χ4v) is 3.71. The van der Waals surface area contributed by atoms with Gasteiger partial charge in [-0.05, 0) is 31.5 Å². The number of nitrogens with zero attached hydrogens (tertiary/aromatic N) is 2. The topological polar surface area (TPSA) is 98.2 Å². The second-order valence-corrected chi connectivity index (χ2v) is 7.23. The molecule has 1 N–H and O–H groups in total. The first-order chi connectivity index (χ1) is 13.5. The van der Waals surface area contributed by atoms with Crippen LogP contribution in [0.3, 0.4) is 0 Å². The molecule has 0 amide bonds. The Morgan fingerprint density at radius 2 is 1.86 bits per heavy atom. The van der Waals surface area contributed by atoms with E-state index in [0.717, 1.165) is 22.4 Å². The van der Waals surface area contributed by atoms with Crippen LogP contribution in [0.1, 0.15) is 16.8 Å². The number of allylic oxidation sites excluding steroid dienone is 2. The van der Waals surface area contributed by atoms with Gasteiger partial charge in [-0.3, -0.25) is 0 Å². The Labute approximate surface area is 162 Å². The van der Waals surface area contributed by atoms with Crippen LogP contribution in [-0.2, 0) is 10.3 Å². The minimum Gasteiger partial charge on any atom is -0.445 e. The lowest BCUT2D eigenvalue weighted by atomic mass is 9.93. The number of hydrogen-bond acceptors (Lipinski definition) is 7. The van der Waals surface area contributed by atoms with Gasteiger partial charge in [0.05, 0.1) is 17.9 Å². The van der Waals surface area contributed by atoms with E-state index in [4.69, 9.17) is 8.94 Å². The van der Waals surface area contributed by atoms with Crippen LogP contribution in [0.5, 0.6) is 0 Å². The molecule has 0 fully saturated rings. The molecule has 8 heteroatoms. The number of hydrogen-bond donors (Lipinski definition) is 1. The summed E-state index contributed by atoms with van der Waals surface area (Å²) in [6, 6.07) is 6.82. The third kappa shape index (κ3) is 3.29. The predicted molar refractivity (Wildman–Crippen MR) is 106 cm³/mol. The second kappa shape index (κ2) is 7.32. The fraction of sp³-hybridized carbons (Fsp3) is 0.150. The lowest BCUT2D eigenvalue weighted by Gasteiger charge is -2.20. The van der Waals surface area contributed by atoms with E-state index in [-0.39, 0.29) is 4.86 Å². The molecule has 1 unspecified atom stereocenters. The number of benzene rings is 1. The van der Waals surface area contributed by atoms with Gasteiger partial charge < -0.3 is 14.3 Å². The average Bonchev–Trinajstić information content (AvgIpc) is 3.34. The molecule has 0 bridgehead atoms. The van der Waals surface area contributed by atoms with Crippen molar-refractivity contribution in [2.24, 2.45) is 0 Å². The van der Waals surface area contributed by atoms with E-state index in [1.165, 1.54) is 6.26 Å². The van der Waals surface area contributed by atoms with Crippen molar-refractivity contribution in [3.05, 3.63) is 71.8 Å². The Hall–Kier alpha value is -3.39. The largest absolute Gasteiger partial charge is 0.445 e. The third-order valence-corrected chi connectivity index (χ3v) is 5.45. The van der Waals surface area contributed by atoms with Gasteiger partial charge in [0.2, 0.25) is 22.1 Å². The van der Waals surface area contributed by atoms with Crippen molar-refractivity contribution in [1.29, 1.82) is 0 Å². The van der Waals surface area contributed by atoms with Gasteiger partial charge in [-0.2, -0.15) is 8.42 Å². The lowest BCUT2D eigenvalue weighted by Crippen LogP contribution is -2.31. The Bertz CT molecular complexity index is 1190. The van der Waals surface area contributed by atoms with Crippen molar-refractivity contribution in [3.8, 4) is 11.5 Å². The number of rotatable bonds is 4. The molecule has 2 aromatic heterocycles. The Balaban J connectivity index is 1.67. The molecule has 142 valence electrons. The van der Waals surface area contributed by atoms with Crippen LogP contribution < -0.4 is 5.32 Å². The van der Waals surface area contributed by atoms with E-state index in [1.54, 1.807) is 18.3 Å². The van der Waals surface area contributed by atoms with Gasteiger partial charge in [-0.1, -0.05) is 35.5 Å². The zero-order valence-corrected chi connectivity index (χ0v) is 16.0. The molecule has 28 heavy (non-hydrogen) atoms. The monoisotopic (exact) mass is 395 g/mol. The summed E-state index contributed by atoms with van der Waals surface area (Å²) in [5.41, 5.74) is 3.80. The highest BCUT2D eigenvalue weighted by molar-refractivity contribution is 7.74. The van der Waals surface area contributed by atoms with Gasteiger partial charge in [-0.25, -0.2) is 4.98 Å². The zero-order valence-electron chi connectivity index (χ0n) is 15.2. The smallest absolute Gasteiger partial charge is 0.228 e. The number of aromatic nitrogens is 2. The summed E-state index contributed by atoms with van der Waals surface area (Å²) >= 11 is 0. The van der Waals surface area contributed by atoms with E-state index in [2.05, 4.69) is 15.5 Å². The van der Waals surface area contributed by atoms with E-state index >= 15 is 0 Å². The maximum Gasteiger partial charge on any atom is 0.228 e. The Kier molecular flexibility index (Phi) is 4.70. The third-order valence-electron chi connectivity index (χ3n) is 4.61. The van der Waals surface area contributed by atoms with E-state index in [9.17, 15) is 8.42 Å². The molecule has 1 aromatic carbocycles. The van der Waals surface area contributed by atoms with Crippen molar-refractivity contribution < 1.29 is 17.4 Å². The highest BCUT2D eigenvalue weighted by Crippen LogP contribution is 2.27. The molecular formula is C20H17N3O4S. The van der Waals surface area contributed by atoms with Crippen LogP contribution in [0.2, 0.25) is 0 Å². The summed E-state index contributed by atoms with van der Waals surface area (Å²) in [6.07, 6.45) is 8.46. The Morgan fingerprint density at radius 3 is 2.46 bits per heavy atom. The van der Waals surface area contributed by atoms with Crippen LogP contribution in [0.15, 0.2) is 63.9 Å². The van der Waals surface area contributed by atoms with Crippen molar-refractivity contribution >= 4 is 26.6 Å². The summed E-state index contributed by atoms with van der Waals surface area (Å²) in [5.74, 6) is 0.965. The summed E-state index contributed by atoms with van der Waals surface area (Å²) < 4.78 is 34.7. The highest BCUT2D eigenvalue weighted by Gasteiger charge is 2.25. The summed E-state index contributed by atoms with van der Waals surface area (Å²) in [7, 11) is -2.43. The molecule has 4 rings (SSSR count). The first kappa shape index (κ1) is 18.0. The first-order valence-corrected chi connectivity index (χ1v) is 9.67. The molecule has 0 saturated carbocycles. The molecule has 1 atom stereocenters. The second-order valence-electron chi connectivity index (χ2n) is 6.32. The number of nitrogens with one attached hydrogen (secondary N) is 1. The van der Waals surface area contributed by atoms with E-state index < -0.39 is 16.3 Å². The van der Waals surface area contributed by atoms with Crippen LogP contribution >= 0.6 is 0 Å². The molecule has 2 heterocycles. The van der Waals surface area contributed by atoms with Gasteiger partial charge in [0.25, 0.3) is 0 Å². The molecule has 3 aromatic rings. The normalized spacial score (nSPS) is 16.1. The molecule has 0 saturated heterocycles. The van der Waals surface area contributed by atoms with Crippen LogP contribution in [0, 0.1) is 13.8 Å². The van der Waals surface area contributed by atoms with Gasteiger partial charge in [0.15, 0.2) is 0 Å². The summed E-state index contributed by atoms with van der Waals surface area (Å²) in [4.78, 5) is 4.35. The predicted octanol–water partition coefficient (Wildman–Crippen LogP) is 3.43. The van der Waals surface area contributed by atoms with Crippen LogP contribution in [0.25, 0.3) is 17.0 Å². The molecule has 7 nitrogen and oxygen atoms in total. The van der Waals surface area contributed by atoms with Gasteiger partial charge in [-0.15, -0.1) is 0 Å². The maximum atomic E-state index is 12.1. The minimum atomic E-state index is -2.43. The summed E-state index contributed by atoms with van der Waals surface area (Å²) in [6.45, 7) is 3.70. The standard InChI is InChI=1S/C20H17N3O4S/c1-12-13(2)23-27-19(12)22-17-5-3-4-16(18(17)28(24)25)14-6-8-15(9-7-14)20-21-10-11-26-20/h3-11,17,22H,1-2H3. The molecule has 1 aliphatic carbocycles. The SMILES string of the molecule is Cc1noc(NC2C=CC=C(c3ccc(-c4ncco4)cc3)C2=S(=O)=O)c1C. The zero-order chi connectivity index (χ0) is 19.7. The van der Waals surface area contributed by atoms with Crippen molar-refractivity contribution in [2.45, 2.75) is 19.9 Å². The molecular weight excluding hydrogens is 378 g/mol. The molecule has 1 aliphatic rings. The van der Waals surface area contributed by atoms with Crippen molar-refractivity contribution in [3.63, 3.8) is 0 Å². The Morgan fingerprint density at radius 1 is 1.11 bits per heavy atom. The van der Waals surface area contributed by atoms with E-state index in [0.29, 0.717) is 17.3 Å². The van der Waals surface area contributed by atoms with Gasteiger partial charge >= 0.3 is 0 Å². The van der Waals surface area contributed by atoms with Crippen LogP contribution in [0.4, 0.5) is 5.88 Å². The van der Waals surface area contributed by atoms with Crippen molar-refractivity contribution in [2.75, 3.05) is 5.32 Å². The van der Waals surface area contributed by atoms with Gasteiger partial charge in [0, 0.05) is 16.7 Å². The number of oxazole rings is 1. The van der Waals surface area contributed by atoms with Gasteiger partial charge in [0.1, 0.15) is 11.1 Å². The van der Waals surface area contributed by atoms with E-state index in [1.807, 2.05) is 44.2 Å². The quantitative estimate of drug-likeness (QED) is 0.676. The lowest BCUT2D eigenvalue weighted by molar-refractivity contribution is 0.426. The minimum absolute atomic E-state index is 0.236.